The van der Waals surface area contributed by atoms with Crippen LogP contribution >= 0.6 is 11.8 Å². The van der Waals surface area contributed by atoms with E-state index in [1.54, 1.807) is 0 Å². The first-order valence-corrected chi connectivity index (χ1v) is 9.91. The number of nitrogens with zero attached hydrogens (tertiary/aromatic N) is 1. The number of benzene rings is 1. The summed E-state index contributed by atoms with van der Waals surface area (Å²) in [6.45, 7) is 1.98. The predicted octanol–water partition coefficient (Wildman–Crippen LogP) is 4.65. The molecule has 1 amide bonds. The zero-order valence-corrected chi connectivity index (χ0v) is 15.6. The molecular formula is C18H21F3N2O3S. The molecule has 0 aliphatic heterocycles. The van der Waals surface area contributed by atoms with Crippen LogP contribution in [0.15, 0.2) is 23.1 Å². The highest BCUT2D eigenvalue weighted by atomic mass is 32.2. The van der Waals surface area contributed by atoms with E-state index < -0.39 is 22.4 Å². The standard InChI is InChI=1S/C18H21F3N2O3S/c1-10(14-7-11-2-3-12(14)6-11)22-17(24)9-27-16-5-4-13(18(19,20)21)8-15(16)23(25)26/h4-5,8,10-12,14H,2-3,6-7,9H2,1H3,(H,22,24). The van der Waals surface area contributed by atoms with Gasteiger partial charge in [0.05, 0.1) is 21.1 Å². The Morgan fingerprint density at radius 1 is 1.37 bits per heavy atom. The van der Waals surface area contributed by atoms with E-state index >= 15 is 0 Å². The number of nitro groups is 1. The molecule has 1 aromatic rings. The van der Waals surface area contributed by atoms with Crippen LogP contribution in [0.25, 0.3) is 0 Å². The van der Waals surface area contributed by atoms with Crippen LogP contribution < -0.4 is 5.32 Å². The highest BCUT2D eigenvalue weighted by Crippen LogP contribution is 2.49. The Bertz CT molecular complexity index is 741. The van der Waals surface area contributed by atoms with Crippen molar-refractivity contribution in [2.24, 2.45) is 17.8 Å². The number of alkyl halides is 3. The molecule has 0 aromatic heterocycles. The van der Waals surface area contributed by atoms with Crippen molar-refractivity contribution in [3.8, 4) is 0 Å². The summed E-state index contributed by atoms with van der Waals surface area (Å²) in [6.07, 6.45) is 0.194. The molecule has 2 fully saturated rings. The van der Waals surface area contributed by atoms with Crippen LogP contribution in [0.4, 0.5) is 18.9 Å². The van der Waals surface area contributed by atoms with Crippen LogP contribution in [-0.4, -0.2) is 22.6 Å². The zero-order chi connectivity index (χ0) is 19.8. The van der Waals surface area contributed by atoms with Crippen molar-refractivity contribution in [2.75, 3.05) is 5.75 Å². The van der Waals surface area contributed by atoms with Crippen molar-refractivity contribution in [1.82, 2.24) is 5.32 Å². The largest absolute Gasteiger partial charge is 0.416 e. The highest BCUT2D eigenvalue weighted by Gasteiger charge is 2.42. The number of carbonyl (C=O) groups excluding carboxylic acids is 1. The van der Waals surface area contributed by atoms with Crippen molar-refractivity contribution in [1.29, 1.82) is 0 Å². The normalized spacial score (nSPS) is 25.4. The van der Waals surface area contributed by atoms with Gasteiger partial charge in [0.15, 0.2) is 0 Å². The fourth-order valence-electron chi connectivity index (χ4n) is 4.41. The number of rotatable bonds is 6. The van der Waals surface area contributed by atoms with Crippen LogP contribution in [0.2, 0.25) is 0 Å². The minimum absolute atomic E-state index is 0.0380. The number of nitrogens with one attached hydrogen (secondary N) is 1. The van der Waals surface area contributed by atoms with Crippen LogP contribution in [0.1, 0.15) is 38.2 Å². The number of hydrogen-bond acceptors (Lipinski definition) is 4. The van der Waals surface area contributed by atoms with Gasteiger partial charge in [0.25, 0.3) is 5.69 Å². The van der Waals surface area contributed by atoms with E-state index in [0.717, 1.165) is 36.2 Å². The van der Waals surface area contributed by atoms with Gasteiger partial charge in [0.1, 0.15) is 0 Å². The average Bonchev–Trinajstić information content (AvgIpc) is 3.22. The van der Waals surface area contributed by atoms with Gasteiger partial charge in [-0.3, -0.25) is 14.9 Å². The molecule has 27 heavy (non-hydrogen) atoms. The Hall–Kier alpha value is -1.77. The van der Waals surface area contributed by atoms with E-state index in [0.29, 0.717) is 17.9 Å². The quantitative estimate of drug-likeness (QED) is 0.427. The molecule has 2 aliphatic rings. The van der Waals surface area contributed by atoms with Gasteiger partial charge < -0.3 is 5.32 Å². The van der Waals surface area contributed by atoms with Gasteiger partial charge in [0.2, 0.25) is 5.91 Å². The van der Waals surface area contributed by atoms with Crippen molar-refractivity contribution >= 4 is 23.4 Å². The second-order valence-corrected chi connectivity index (χ2v) is 8.44. The van der Waals surface area contributed by atoms with E-state index in [4.69, 9.17) is 0 Å². The summed E-state index contributed by atoms with van der Waals surface area (Å²) in [7, 11) is 0. The lowest BCUT2D eigenvalue weighted by Gasteiger charge is -2.28. The molecule has 0 saturated heterocycles. The molecule has 1 aromatic carbocycles. The third-order valence-electron chi connectivity index (χ3n) is 5.67. The maximum absolute atomic E-state index is 12.7. The van der Waals surface area contributed by atoms with E-state index in [1.807, 2.05) is 6.92 Å². The Morgan fingerprint density at radius 2 is 2.11 bits per heavy atom. The lowest BCUT2D eigenvalue weighted by molar-refractivity contribution is -0.388. The number of amides is 1. The number of thioether (sulfide) groups is 1. The first-order chi connectivity index (χ1) is 12.6. The fraction of sp³-hybridized carbons (Fsp3) is 0.611. The van der Waals surface area contributed by atoms with Gasteiger partial charge in [-0.25, -0.2) is 0 Å². The maximum Gasteiger partial charge on any atom is 0.416 e. The molecule has 4 unspecified atom stereocenters. The molecular weight excluding hydrogens is 381 g/mol. The molecule has 0 heterocycles. The van der Waals surface area contributed by atoms with Crippen LogP contribution in [-0.2, 0) is 11.0 Å². The van der Waals surface area contributed by atoms with E-state index in [1.165, 1.54) is 19.3 Å². The molecule has 5 nitrogen and oxygen atoms in total. The topological polar surface area (TPSA) is 72.2 Å². The summed E-state index contributed by atoms with van der Waals surface area (Å²) >= 11 is 0.882. The van der Waals surface area contributed by atoms with Gasteiger partial charge in [-0.15, -0.1) is 11.8 Å². The van der Waals surface area contributed by atoms with Gasteiger partial charge in [-0.05, 0) is 56.1 Å². The lowest BCUT2D eigenvalue weighted by Crippen LogP contribution is -2.40. The predicted molar refractivity (Wildman–Crippen MR) is 95.4 cm³/mol. The average molecular weight is 402 g/mol. The third-order valence-corrected chi connectivity index (χ3v) is 6.73. The Labute approximate surface area is 159 Å². The third kappa shape index (κ3) is 4.56. The molecule has 9 heteroatoms. The Morgan fingerprint density at radius 3 is 2.67 bits per heavy atom. The van der Waals surface area contributed by atoms with Crippen molar-refractivity contribution < 1.29 is 22.9 Å². The van der Waals surface area contributed by atoms with Crippen molar-refractivity contribution in [3.05, 3.63) is 33.9 Å². The summed E-state index contributed by atoms with van der Waals surface area (Å²) < 4.78 is 38.2. The molecule has 0 spiro atoms. The molecule has 1 N–H and O–H groups in total. The Balaban J connectivity index is 1.59. The summed E-state index contributed by atoms with van der Waals surface area (Å²) in [6, 6.07) is 2.40. The molecule has 4 atom stereocenters. The Kier molecular flexibility index (Phi) is 5.69. The molecule has 148 valence electrons. The van der Waals surface area contributed by atoms with E-state index in [-0.39, 0.29) is 22.6 Å². The fourth-order valence-corrected chi connectivity index (χ4v) is 5.23. The summed E-state index contributed by atoms with van der Waals surface area (Å²) in [5.74, 6) is 1.57. The summed E-state index contributed by atoms with van der Waals surface area (Å²) in [4.78, 5) is 22.5. The van der Waals surface area contributed by atoms with E-state index in [2.05, 4.69) is 5.32 Å². The summed E-state index contributed by atoms with van der Waals surface area (Å²) in [5.41, 5.74) is -1.71. The SMILES string of the molecule is CC(NC(=O)CSc1ccc(C(F)(F)F)cc1[N+](=O)[O-])C1CC2CCC1C2. The molecule has 2 saturated carbocycles. The van der Waals surface area contributed by atoms with Crippen molar-refractivity contribution in [3.63, 3.8) is 0 Å². The minimum atomic E-state index is -4.65. The van der Waals surface area contributed by atoms with Gasteiger partial charge in [-0.2, -0.15) is 13.2 Å². The van der Waals surface area contributed by atoms with Gasteiger partial charge in [0, 0.05) is 12.1 Å². The number of carbonyl (C=O) groups is 1. The van der Waals surface area contributed by atoms with Crippen LogP contribution in [0.3, 0.4) is 0 Å². The van der Waals surface area contributed by atoms with Crippen molar-refractivity contribution in [2.45, 2.75) is 49.7 Å². The number of halogens is 3. The molecule has 0 radical (unpaired) electrons. The monoisotopic (exact) mass is 402 g/mol. The first kappa shape index (κ1) is 20.0. The molecule has 2 aliphatic carbocycles. The lowest BCUT2D eigenvalue weighted by atomic mass is 9.84. The molecule has 2 bridgehead atoms. The number of hydrogen-bond donors (Lipinski definition) is 1. The van der Waals surface area contributed by atoms with E-state index in [9.17, 15) is 28.1 Å². The highest BCUT2D eigenvalue weighted by molar-refractivity contribution is 8.00. The molecule has 3 rings (SSSR count). The minimum Gasteiger partial charge on any atom is -0.353 e. The maximum atomic E-state index is 12.7. The second-order valence-electron chi connectivity index (χ2n) is 7.42. The number of nitro benzene ring substituents is 1. The van der Waals surface area contributed by atoms with Crippen LogP contribution in [0, 0.1) is 27.9 Å². The van der Waals surface area contributed by atoms with Gasteiger partial charge >= 0.3 is 6.18 Å². The first-order valence-electron chi connectivity index (χ1n) is 8.93. The van der Waals surface area contributed by atoms with Gasteiger partial charge in [-0.1, -0.05) is 6.42 Å². The summed E-state index contributed by atoms with van der Waals surface area (Å²) in [5, 5.41) is 14.0. The second kappa shape index (κ2) is 7.69. The zero-order valence-electron chi connectivity index (χ0n) is 14.8. The van der Waals surface area contributed by atoms with Crippen LogP contribution in [0.5, 0.6) is 0 Å². The number of fused-ring (bicyclic) bond motifs is 2. The smallest absolute Gasteiger partial charge is 0.353 e.